The van der Waals surface area contributed by atoms with E-state index < -0.39 is 6.10 Å². The van der Waals surface area contributed by atoms with Gasteiger partial charge in [0.1, 0.15) is 28.9 Å². The van der Waals surface area contributed by atoms with E-state index in [4.69, 9.17) is 18.9 Å². The molecule has 0 amide bonds. The second-order valence-corrected chi connectivity index (χ2v) is 8.36. The zero-order valence-corrected chi connectivity index (χ0v) is 20.0. The SMILES string of the molecule is CCCCOc1cc(O)c2c(c1)OC(c1ccc(OCCCC)c(OCCCC)c1)CC2=O. The van der Waals surface area contributed by atoms with Gasteiger partial charge >= 0.3 is 0 Å². The van der Waals surface area contributed by atoms with E-state index in [2.05, 4.69) is 20.8 Å². The van der Waals surface area contributed by atoms with E-state index in [1.807, 2.05) is 18.2 Å². The number of aromatic hydroxyl groups is 1. The van der Waals surface area contributed by atoms with Crippen LogP contribution in [0.25, 0.3) is 0 Å². The number of phenolic OH excluding ortho intramolecular Hbond substituents is 1. The predicted molar refractivity (Wildman–Crippen MR) is 128 cm³/mol. The molecule has 1 heterocycles. The maximum Gasteiger partial charge on any atom is 0.174 e. The first kappa shape index (κ1) is 24.7. The summed E-state index contributed by atoms with van der Waals surface area (Å²) in [5, 5.41) is 10.4. The van der Waals surface area contributed by atoms with Gasteiger partial charge in [-0.3, -0.25) is 4.79 Å². The number of rotatable bonds is 13. The van der Waals surface area contributed by atoms with Crippen molar-refractivity contribution in [2.75, 3.05) is 19.8 Å². The standard InChI is InChI=1S/C27H36O6/c1-4-7-12-30-20-16-21(28)27-22(29)18-24(33-26(27)17-20)19-10-11-23(31-13-8-5-2)25(15-19)32-14-9-6-3/h10-11,15-17,24,28H,4-9,12-14,18H2,1-3H3. The third kappa shape index (κ3) is 6.56. The highest BCUT2D eigenvalue weighted by molar-refractivity contribution is 6.02. The van der Waals surface area contributed by atoms with Crippen molar-refractivity contribution < 1.29 is 28.8 Å². The average Bonchev–Trinajstić information content (AvgIpc) is 2.80. The number of unbranched alkanes of at least 4 members (excludes halogenated alkanes) is 3. The number of carbonyl (C=O) groups is 1. The molecule has 1 unspecified atom stereocenters. The molecule has 1 aliphatic heterocycles. The Labute approximate surface area is 196 Å². The maximum absolute atomic E-state index is 12.9. The number of carbonyl (C=O) groups excluding carboxylic acids is 1. The minimum absolute atomic E-state index is 0.106. The minimum atomic E-state index is -0.478. The number of ketones is 1. The third-order valence-electron chi connectivity index (χ3n) is 5.59. The van der Waals surface area contributed by atoms with E-state index in [9.17, 15) is 9.90 Å². The Morgan fingerprint density at radius 1 is 0.879 bits per heavy atom. The molecule has 1 N–H and O–H groups in total. The molecule has 33 heavy (non-hydrogen) atoms. The summed E-state index contributed by atoms with van der Waals surface area (Å²) in [4.78, 5) is 12.9. The number of benzene rings is 2. The van der Waals surface area contributed by atoms with E-state index >= 15 is 0 Å². The molecule has 1 atom stereocenters. The first-order valence-electron chi connectivity index (χ1n) is 12.2. The second-order valence-electron chi connectivity index (χ2n) is 8.36. The minimum Gasteiger partial charge on any atom is -0.507 e. The van der Waals surface area contributed by atoms with Crippen LogP contribution in [0.1, 0.15) is 87.7 Å². The van der Waals surface area contributed by atoms with E-state index in [0.29, 0.717) is 42.8 Å². The molecule has 2 aromatic carbocycles. The lowest BCUT2D eigenvalue weighted by atomic mass is 9.95. The fourth-order valence-corrected chi connectivity index (χ4v) is 3.63. The van der Waals surface area contributed by atoms with E-state index in [0.717, 1.165) is 44.1 Å². The van der Waals surface area contributed by atoms with Gasteiger partial charge in [-0.15, -0.1) is 0 Å². The fourth-order valence-electron chi connectivity index (χ4n) is 3.63. The molecule has 0 bridgehead atoms. The summed E-state index contributed by atoms with van der Waals surface area (Å²) in [5.41, 5.74) is 1.05. The number of Topliss-reactive ketones (excluding diaryl/α,β-unsaturated/α-hetero) is 1. The van der Waals surface area contributed by atoms with Crippen LogP contribution < -0.4 is 18.9 Å². The highest BCUT2D eigenvalue weighted by atomic mass is 16.5. The van der Waals surface area contributed by atoms with Crippen molar-refractivity contribution in [2.24, 2.45) is 0 Å². The molecule has 6 heteroatoms. The Bertz CT molecular complexity index is 923. The Kier molecular flexibility index (Phi) is 9.28. The van der Waals surface area contributed by atoms with Gasteiger partial charge in [-0.1, -0.05) is 46.1 Å². The number of fused-ring (bicyclic) bond motifs is 1. The highest BCUT2D eigenvalue weighted by Gasteiger charge is 2.31. The van der Waals surface area contributed by atoms with Gasteiger partial charge in [-0.2, -0.15) is 0 Å². The van der Waals surface area contributed by atoms with E-state index in [1.54, 1.807) is 6.07 Å². The van der Waals surface area contributed by atoms with Crippen molar-refractivity contribution in [3.63, 3.8) is 0 Å². The summed E-state index contributed by atoms with van der Waals surface area (Å²) in [5.74, 6) is 1.95. The fraction of sp³-hybridized carbons (Fsp3) is 0.519. The highest BCUT2D eigenvalue weighted by Crippen LogP contribution is 2.43. The predicted octanol–water partition coefficient (Wildman–Crippen LogP) is 6.64. The van der Waals surface area contributed by atoms with Crippen molar-refractivity contribution in [1.82, 2.24) is 0 Å². The number of phenols is 1. The molecule has 0 spiro atoms. The smallest absolute Gasteiger partial charge is 0.174 e. The molecule has 6 nitrogen and oxygen atoms in total. The Hall–Kier alpha value is -2.89. The molecule has 180 valence electrons. The van der Waals surface area contributed by atoms with Crippen LogP contribution in [0, 0.1) is 0 Å². The normalized spacial score (nSPS) is 15.0. The van der Waals surface area contributed by atoms with Crippen molar-refractivity contribution >= 4 is 5.78 Å². The third-order valence-corrected chi connectivity index (χ3v) is 5.59. The van der Waals surface area contributed by atoms with Crippen LogP contribution >= 0.6 is 0 Å². The molecule has 2 aromatic rings. The van der Waals surface area contributed by atoms with Gasteiger partial charge in [0.05, 0.1) is 26.2 Å². The summed E-state index contributed by atoms with van der Waals surface area (Å²) >= 11 is 0. The largest absolute Gasteiger partial charge is 0.507 e. The van der Waals surface area contributed by atoms with Gasteiger partial charge in [0, 0.05) is 12.1 Å². The average molecular weight is 457 g/mol. The van der Waals surface area contributed by atoms with Crippen molar-refractivity contribution in [3.8, 4) is 28.7 Å². The van der Waals surface area contributed by atoms with Gasteiger partial charge in [-0.05, 0) is 37.0 Å². The second kappa shape index (κ2) is 12.4. The quantitative estimate of drug-likeness (QED) is 0.341. The van der Waals surface area contributed by atoms with Crippen molar-refractivity contribution in [3.05, 3.63) is 41.5 Å². The zero-order chi connectivity index (χ0) is 23.6. The Morgan fingerprint density at radius 3 is 2.18 bits per heavy atom. The molecular weight excluding hydrogens is 420 g/mol. The molecule has 1 aliphatic rings. The summed E-state index contributed by atoms with van der Waals surface area (Å²) in [6, 6.07) is 8.88. The Morgan fingerprint density at radius 2 is 1.52 bits per heavy atom. The van der Waals surface area contributed by atoms with E-state index in [-0.39, 0.29) is 23.5 Å². The van der Waals surface area contributed by atoms with Crippen molar-refractivity contribution in [2.45, 2.75) is 71.8 Å². The van der Waals surface area contributed by atoms with Crippen LogP contribution in [-0.4, -0.2) is 30.7 Å². The first-order valence-corrected chi connectivity index (χ1v) is 12.2. The van der Waals surface area contributed by atoms with Crippen molar-refractivity contribution in [1.29, 1.82) is 0 Å². The Balaban J connectivity index is 1.83. The topological polar surface area (TPSA) is 74.2 Å². The molecule has 0 saturated carbocycles. The number of ether oxygens (including phenoxy) is 4. The van der Waals surface area contributed by atoms with Crippen LogP contribution in [0.5, 0.6) is 28.7 Å². The van der Waals surface area contributed by atoms with Gasteiger partial charge in [-0.25, -0.2) is 0 Å². The molecule has 0 radical (unpaired) electrons. The van der Waals surface area contributed by atoms with Gasteiger partial charge in [0.25, 0.3) is 0 Å². The number of hydrogen-bond donors (Lipinski definition) is 1. The molecule has 0 fully saturated rings. The van der Waals surface area contributed by atoms with Crippen LogP contribution in [0.2, 0.25) is 0 Å². The lowest BCUT2D eigenvalue weighted by Gasteiger charge is -2.27. The van der Waals surface area contributed by atoms with E-state index in [1.165, 1.54) is 6.07 Å². The zero-order valence-electron chi connectivity index (χ0n) is 20.0. The summed E-state index contributed by atoms with van der Waals surface area (Å²) in [6.45, 7) is 8.10. The number of hydrogen-bond acceptors (Lipinski definition) is 6. The molecule has 3 rings (SSSR count). The summed E-state index contributed by atoms with van der Waals surface area (Å²) < 4.78 is 23.8. The first-order chi connectivity index (χ1) is 16.1. The van der Waals surface area contributed by atoms with Crippen LogP contribution in [0.4, 0.5) is 0 Å². The maximum atomic E-state index is 12.9. The van der Waals surface area contributed by atoms with Gasteiger partial charge in [0.15, 0.2) is 17.3 Å². The molecule has 0 aromatic heterocycles. The summed E-state index contributed by atoms with van der Waals surface area (Å²) in [7, 11) is 0. The van der Waals surface area contributed by atoms with Crippen LogP contribution in [-0.2, 0) is 0 Å². The molecule has 0 aliphatic carbocycles. The summed E-state index contributed by atoms with van der Waals surface area (Å²) in [6.07, 6.45) is 5.59. The van der Waals surface area contributed by atoms with Gasteiger partial charge < -0.3 is 24.1 Å². The lowest BCUT2D eigenvalue weighted by molar-refractivity contribution is 0.0844. The molecular formula is C27H36O6. The van der Waals surface area contributed by atoms with Crippen LogP contribution in [0.3, 0.4) is 0 Å². The van der Waals surface area contributed by atoms with Crippen LogP contribution in [0.15, 0.2) is 30.3 Å². The lowest BCUT2D eigenvalue weighted by Crippen LogP contribution is -2.21. The monoisotopic (exact) mass is 456 g/mol. The molecule has 0 saturated heterocycles. The van der Waals surface area contributed by atoms with Gasteiger partial charge in [0.2, 0.25) is 0 Å².